The van der Waals surface area contributed by atoms with Crippen molar-refractivity contribution in [3.05, 3.63) is 33.5 Å². The lowest BCUT2D eigenvalue weighted by atomic mass is 10.0. The van der Waals surface area contributed by atoms with E-state index in [0.717, 1.165) is 5.56 Å². The number of carbonyl (C=O) groups is 1. The number of hydrogen-bond acceptors (Lipinski definition) is 2. The van der Waals surface area contributed by atoms with Crippen LogP contribution in [0.3, 0.4) is 0 Å². The monoisotopic (exact) mass is 261 g/mol. The molecule has 76 valence electrons. The summed E-state index contributed by atoms with van der Waals surface area (Å²) in [5, 5.41) is 8.63. The number of aryl methyl sites for hydroxylation is 1. The molecule has 0 aromatic heterocycles. The Morgan fingerprint density at radius 2 is 2.21 bits per heavy atom. The van der Waals surface area contributed by atoms with Gasteiger partial charge in [-0.05, 0) is 34.5 Å². The maximum Gasteiger partial charge on any atom is 0.325 e. The summed E-state index contributed by atoms with van der Waals surface area (Å²) in [5.74, 6) is -1.87. The van der Waals surface area contributed by atoms with E-state index in [1.165, 1.54) is 6.07 Å². The van der Waals surface area contributed by atoms with Gasteiger partial charge >= 0.3 is 5.97 Å². The summed E-state index contributed by atoms with van der Waals surface area (Å²) in [6.45, 7) is 1.74. The second-order valence-corrected chi connectivity index (χ2v) is 3.82. The first kappa shape index (κ1) is 11.1. The van der Waals surface area contributed by atoms with E-state index in [2.05, 4.69) is 15.9 Å². The fraction of sp³-hybridized carbons (Fsp3) is 0.222. The molecule has 0 spiro atoms. The highest BCUT2D eigenvalue weighted by Crippen LogP contribution is 2.24. The van der Waals surface area contributed by atoms with E-state index in [9.17, 15) is 9.18 Å². The molecule has 1 atom stereocenters. The fourth-order valence-corrected chi connectivity index (χ4v) is 1.70. The molecule has 1 aromatic carbocycles. The first-order valence-electron chi connectivity index (χ1n) is 3.87. The summed E-state index contributed by atoms with van der Waals surface area (Å²) in [6, 6.07) is 1.66. The molecular formula is C9H9BrFNO2. The Kier molecular flexibility index (Phi) is 3.23. The van der Waals surface area contributed by atoms with E-state index in [1.807, 2.05) is 0 Å². The van der Waals surface area contributed by atoms with Gasteiger partial charge in [0.15, 0.2) is 0 Å². The zero-order valence-electron chi connectivity index (χ0n) is 7.42. The van der Waals surface area contributed by atoms with Crippen LogP contribution in [0.1, 0.15) is 17.2 Å². The minimum atomic E-state index is -1.33. The molecule has 0 aliphatic carbocycles. The van der Waals surface area contributed by atoms with Gasteiger partial charge in [-0.15, -0.1) is 0 Å². The van der Waals surface area contributed by atoms with Crippen LogP contribution in [0.2, 0.25) is 0 Å². The summed E-state index contributed by atoms with van der Waals surface area (Å²) in [5.41, 5.74) is 6.06. The van der Waals surface area contributed by atoms with Gasteiger partial charge in [0.1, 0.15) is 11.9 Å². The van der Waals surface area contributed by atoms with Crippen LogP contribution in [-0.2, 0) is 4.79 Å². The van der Waals surface area contributed by atoms with Gasteiger partial charge < -0.3 is 10.8 Å². The Hall–Kier alpha value is -0.940. The third-order valence-corrected chi connectivity index (χ3v) is 2.38. The van der Waals surface area contributed by atoms with Gasteiger partial charge in [-0.1, -0.05) is 6.07 Å². The molecule has 0 amide bonds. The lowest BCUT2D eigenvalue weighted by molar-refractivity contribution is -0.138. The molecule has 0 heterocycles. The molecular weight excluding hydrogens is 253 g/mol. The van der Waals surface area contributed by atoms with E-state index in [4.69, 9.17) is 10.8 Å². The molecule has 3 N–H and O–H groups in total. The lowest BCUT2D eigenvalue weighted by Crippen LogP contribution is -2.22. The molecule has 0 saturated heterocycles. The Morgan fingerprint density at radius 1 is 1.64 bits per heavy atom. The molecule has 0 fully saturated rings. The second kappa shape index (κ2) is 4.06. The van der Waals surface area contributed by atoms with Crippen molar-refractivity contribution < 1.29 is 14.3 Å². The van der Waals surface area contributed by atoms with Crippen molar-refractivity contribution in [1.29, 1.82) is 0 Å². The Labute approximate surface area is 88.9 Å². The first-order valence-corrected chi connectivity index (χ1v) is 4.66. The number of halogens is 2. The molecule has 1 unspecified atom stereocenters. The maximum atomic E-state index is 13.4. The third-order valence-electron chi connectivity index (χ3n) is 1.80. The van der Waals surface area contributed by atoms with Crippen LogP contribution >= 0.6 is 15.9 Å². The van der Waals surface area contributed by atoms with Crippen molar-refractivity contribution in [2.75, 3.05) is 0 Å². The first-order chi connectivity index (χ1) is 6.43. The maximum absolute atomic E-state index is 13.4. The van der Waals surface area contributed by atoms with Gasteiger partial charge in [0.25, 0.3) is 0 Å². The Morgan fingerprint density at radius 3 is 2.71 bits per heavy atom. The van der Waals surface area contributed by atoms with Crippen molar-refractivity contribution in [1.82, 2.24) is 0 Å². The van der Waals surface area contributed by atoms with Crippen LogP contribution in [0.5, 0.6) is 0 Å². The van der Waals surface area contributed by atoms with E-state index in [-0.39, 0.29) is 10.0 Å². The highest BCUT2D eigenvalue weighted by Gasteiger charge is 2.20. The SMILES string of the molecule is Cc1cc(Br)c(F)c(C(N)C(=O)O)c1. The van der Waals surface area contributed by atoms with Crippen LogP contribution in [0, 0.1) is 12.7 Å². The van der Waals surface area contributed by atoms with Gasteiger partial charge in [0, 0.05) is 5.56 Å². The van der Waals surface area contributed by atoms with Gasteiger partial charge in [0.05, 0.1) is 4.47 Å². The molecule has 0 aliphatic heterocycles. The molecule has 0 aliphatic rings. The summed E-state index contributed by atoms with van der Waals surface area (Å²) >= 11 is 2.99. The Balaban J connectivity index is 3.26. The highest BCUT2D eigenvalue weighted by molar-refractivity contribution is 9.10. The number of hydrogen-bond donors (Lipinski definition) is 2. The number of carboxylic acid groups (broad SMARTS) is 1. The molecule has 0 bridgehead atoms. The molecule has 3 nitrogen and oxygen atoms in total. The standard InChI is InChI=1S/C9H9BrFNO2/c1-4-2-5(8(12)9(13)14)7(11)6(10)3-4/h2-3,8H,12H2,1H3,(H,13,14). The number of carboxylic acids is 1. The number of rotatable bonds is 2. The molecule has 5 heteroatoms. The quantitative estimate of drug-likeness (QED) is 0.856. The summed E-state index contributed by atoms with van der Waals surface area (Å²) in [6.07, 6.45) is 0. The molecule has 0 radical (unpaired) electrons. The summed E-state index contributed by atoms with van der Waals surface area (Å²) < 4.78 is 13.6. The van der Waals surface area contributed by atoms with Crippen molar-refractivity contribution in [3.63, 3.8) is 0 Å². The average molecular weight is 262 g/mol. The number of aliphatic carboxylic acids is 1. The minimum absolute atomic E-state index is 0.00984. The average Bonchev–Trinajstić information content (AvgIpc) is 2.09. The van der Waals surface area contributed by atoms with E-state index in [1.54, 1.807) is 13.0 Å². The summed E-state index contributed by atoms with van der Waals surface area (Å²) in [7, 11) is 0. The topological polar surface area (TPSA) is 63.3 Å². The van der Waals surface area contributed by atoms with Gasteiger partial charge in [-0.2, -0.15) is 0 Å². The van der Waals surface area contributed by atoms with Crippen molar-refractivity contribution in [2.45, 2.75) is 13.0 Å². The van der Waals surface area contributed by atoms with Crippen molar-refractivity contribution in [2.24, 2.45) is 5.73 Å². The van der Waals surface area contributed by atoms with E-state index in [0.29, 0.717) is 0 Å². The third kappa shape index (κ3) is 2.10. The zero-order chi connectivity index (χ0) is 10.9. The smallest absolute Gasteiger partial charge is 0.325 e. The van der Waals surface area contributed by atoms with Crippen LogP contribution in [0.15, 0.2) is 16.6 Å². The van der Waals surface area contributed by atoms with Crippen molar-refractivity contribution in [3.8, 4) is 0 Å². The Bertz CT molecular complexity index is 381. The number of benzene rings is 1. The van der Waals surface area contributed by atoms with Crippen LogP contribution in [0.25, 0.3) is 0 Å². The fourth-order valence-electron chi connectivity index (χ4n) is 1.11. The predicted molar refractivity (Wildman–Crippen MR) is 53.4 cm³/mol. The zero-order valence-corrected chi connectivity index (χ0v) is 9.01. The van der Waals surface area contributed by atoms with E-state index >= 15 is 0 Å². The van der Waals surface area contributed by atoms with E-state index < -0.39 is 17.8 Å². The molecule has 0 saturated carbocycles. The van der Waals surface area contributed by atoms with Crippen LogP contribution < -0.4 is 5.73 Å². The normalized spacial score (nSPS) is 12.6. The number of nitrogens with two attached hydrogens (primary N) is 1. The highest BCUT2D eigenvalue weighted by atomic mass is 79.9. The molecule has 1 rings (SSSR count). The van der Waals surface area contributed by atoms with Gasteiger partial charge in [-0.25, -0.2) is 4.39 Å². The molecule has 14 heavy (non-hydrogen) atoms. The lowest BCUT2D eigenvalue weighted by Gasteiger charge is -2.10. The molecule has 1 aromatic rings. The minimum Gasteiger partial charge on any atom is -0.480 e. The van der Waals surface area contributed by atoms with Crippen molar-refractivity contribution >= 4 is 21.9 Å². The second-order valence-electron chi connectivity index (χ2n) is 2.97. The largest absolute Gasteiger partial charge is 0.480 e. The summed E-state index contributed by atoms with van der Waals surface area (Å²) in [4.78, 5) is 10.6. The van der Waals surface area contributed by atoms with Crippen LogP contribution in [0.4, 0.5) is 4.39 Å². The predicted octanol–water partition coefficient (Wildman–Crippen LogP) is 1.98. The van der Waals surface area contributed by atoms with Gasteiger partial charge in [-0.3, -0.25) is 4.79 Å². The van der Waals surface area contributed by atoms with Crippen LogP contribution in [-0.4, -0.2) is 11.1 Å². The van der Waals surface area contributed by atoms with Gasteiger partial charge in [0.2, 0.25) is 0 Å².